The molecule has 108 valence electrons. The topological polar surface area (TPSA) is 37.3 Å². The van der Waals surface area contributed by atoms with Gasteiger partial charge in [0.15, 0.2) is 0 Å². The van der Waals surface area contributed by atoms with Gasteiger partial charge in [0.25, 0.3) is 0 Å². The van der Waals surface area contributed by atoms with Crippen molar-refractivity contribution in [3.63, 3.8) is 0 Å². The minimum absolute atomic E-state index is 0.0421. The molecule has 3 rings (SSSR count). The first-order valence-electron chi connectivity index (χ1n) is 6.80. The summed E-state index contributed by atoms with van der Waals surface area (Å²) >= 11 is 11.8. The molecule has 0 amide bonds. The van der Waals surface area contributed by atoms with Crippen LogP contribution in [0.15, 0.2) is 48.5 Å². The van der Waals surface area contributed by atoms with Crippen LogP contribution in [0.25, 0.3) is 0 Å². The van der Waals surface area contributed by atoms with Crippen LogP contribution in [0, 0.1) is 5.92 Å². The van der Waals surface area contributed by atoms with Gasteiger partial charge < -0.3 is 5.11 Å². The number of hydrogen-bond donors (Lipinski definition) is 1. The van der Waals surface area contributed by atoms with Crippen molar-refractivity contribution in [3.8, 4) is 0 Å². The molecule has 2 aromatic rings. The molecule has 1 saturated carbocycles. The van der Waals surface area contributed by atoms with Gasteiger partial charge in [-0.2, -0.15) is 0 Å². The first-order valence-corrected chi connectivity index (χ1v) is 7.55. The van der Waals surface area contributed by atoms with Crippen molar-refractivity contribution in [1.29, 1.82) is 0 Å². The standard InChI is InChI=1S/C17H14Cl2O2/c18-12-5-1-10(2-6-12)14-9-15(16(14)17(20)21)11-3-7-13(19)8-4-11/h1-8,14-16H,9H2,(H,20,21)/t14-,15+,16?. The maximum absolute atomic E-state index is 11.6. The first-order chi connectivity index (χ1) is 10.1. The average Bonchev–Trinajstić information content (AvgIpc) is 2.41. The molecule has 1 N–H and O–H groups in total. The van der Waals surface area contributed by atoms with E-state index in [1.165, 1.54) is 0 Å². The lowest BCUT2D eigenvalue weighted by Gasteiger charge is -2.42. The lowest BCUT2D eigenvalue weighted by molar-refractivity contribution is -0.146. The average molecular weight is 321 g/mol. The Morgan fingerprint density at radius 3 is 1.57 bits per heavy atom. The molecule has 1 fully saturated rings. The highest BCUT2D eigenvalue weighted by atomic mass is 35.5. The summed E-state index contributed by atoms with van der Waals surface area (Å²) < 4.78 is 0. The molecule has 1 aliphatic carbocycles. The number of carbonyl (C=O) groups is 1. The number of carboxylic acids is 1. The van der Waals surface area contributed by atoms with E-state index in [0.717, 1.165) is 17.5 Å². The second kappa shape index (κ2) is 5.70. The summed E-state index contributed by atoms with van der Waals surface area (Å²) in [5, 5.41) is 10.9. The second-order valence-corrected chi connectivity index (χ2v) is 6.29. The van der Waals surface area contributed by atoms with E-state index in [4.69, 9.17) is 23.2 Å². The summed E-state index contributed by atoms with van der Waals surface area (Å²) in [7, 11) is 0. The third-order valence-electron chi connectivity index (χ3n) is 4.26. The Morgan fingerprint density at radius 2 is 1.24 bits per heavy atom. The molecule has 0 radical (unpaired) electrons. The van der Waals surface area contributed by atoms with Gasteiger partial charge in [0.1, 0.15) is 0 Å². The molecular formula is C17H14Cl2O2. The van der Waals surface area contributed by atoms with E-state index < -0.39 is 11.9 Å². The fraction of sp³-hybridized carbons (Fsp3) is 0.235. The van der Waals surface area contributed by atoms with E-state index in [2.05, 4.69) is 0 Å². The van der Waals surface area contributed by atoms with Crippen LogP contribution in [0.2, 0.25) is 10.0 Å². The number of benzene rings is 2. The normalized spacial score (nSPS) is 24.4. The molecule has 3 atom stereocenters. The van der Waals surface area contributed by atoms with E-state index in [1.807, 2.05) is 48.5 Å². The van der Waals surface area contributed by atoms with Gasteiger partial charge in [-0.25, -0.2) is 0 Å². The Kier molecular flexibility index (Phi) is 3.92. The zero-order valence-electron chi connectivity index (χ0n) is 11.2. The summed E-state index contributed by atoms with van der Waals surface area (Å²) in [6.07, 6.45) is 0.834. The number of carboxylic acid groups (broad SMARTS) is 1. The van der Waals surface area contributed by atoms with Crippen LogP contribution >= 0.6 is 23.2 Å². The highest BCUT2D eigenvalue weighted by Gasteiger charge is 2.47. The predicted octanol–water partition coefficient (Wildman–Crippen LogP) is 4.97. The molecule has 2 nitrogen and oxygen atoms in total. The van der Waals surface area contributed by atoms with Crippen molar-refractivity contribution in [2.24, 2.45) is 5.92 Å². The maximum atomic E-state index is 11.6. The Morgan fingerprint density at radius 1 is 0.857 bits per heavy atom. The van der Waals surface area contributed by atoms with Crippen molar-refractivity contribution in [3.05, 3.63) is 69.7 Å². The summed E-state index contributed by atoms with van der Waals surface area (Å²) in [6.45, 7) is 0. The third kappa shape index (κ3) is 2.78. The largest absolute Gasteiger partial charge is 0.481 e. The highest BCUT2D eigenvalue weighted by molar-refractivity contribution is 6.30. The molecule has 0 saturated heterocycles. The van der Waals surface area contributed by atoms with Crippen LogP contribution in [0.1, 0.15) is 29.4 Å². The summed E-state index contributed by atoms with van der Waals surface area (Å²) in [6, 6.07) is 14.9. The van der Waals surface area contributed by atoms with E-state index in [-0.39, 0.29) is 11.8 Å². The van der Waals surface area contributed by atoms with Crippen LogP contribution in [0.3, 0.4) is 0 Å². The minimum atomic E-state index is -0.749. The number of rotatable bonds is 3. The highest BCUT2D eigenvalue weighted by Crippen LogP contribution is 2.53. The van der Waals surface area contributed by atoms with Gasteiger partial charge in [0.2, 0.25) is 0 Å². The Hall–Kier alpha value is -1.51. The smallest absolute Gasteiger partial charge is 0.307 e. The SMILES string of the molecule is O=C(O)C1[C@@H](c2ccc(Cl)cc2)C[C@H]1c1ccc(Cl)cc1. The molecule has 1 aliphatic rings. The summed E-state index contributed by atoms with van der Waals surface area (Å²) in [4.78, 5) is 11.6. The molecule has 0 spiro atoms. The minimum Gasteiger partial charge on any atom is -0.481 e. The van der Waals surface area contributed by atoms with Gasteiger partial charge in [-0.05, 0) is 53.6 Å². The van der Waals surface area contributed by atoms with Gasteiger partial charge in [-0.1, -0.05) is 47.5 Å². The van der Waals surface area contributed by atoms with Crippen LogP contribution < -0.4 is 0 Å². The Labute approximate surface area is 133 Å². The van der Waals surface area contributed by atoms with Crippen molar-refractivity contribution in [2.75, 3.05) is 0 Å². The third-order valence-corrected chi connectivity index (χ3v) is 4.76. The van der Waals surface area contributed by atoms with Gasteiger partial charge in [-0.3, -0.25) is 4.79 Å². The summed E-state index contributed by atoms with van der Waals surface area (Å²) in [5.41, 5.74) is 2.08. The van der Waals surface area contributed by atoms with E-state index in [9.17, 15) is 9.90 Å². The van der Waals surface area contributed by atoms with Crippen molar-refractivity contribution in [2.45, 2.75) is 18.3 Å². The summed E-state index contributed by atoms with van der Waals surface area (Å²) in [5.74, 6) is -1.06. The van der Waals surface area contributed by atoms with E-state index in [1.54, 1.807) is 0 Å². The zero-order chi connectivity index (χ0) is 15.0. The maximum Gasteiger partial charge on any atom is 0.307 e. The van der Waals surface area contributed by atoms with Crippen LogP contribution in [-0.4, -0.2) is 11.1 Å². The monoisotopic (exact) mass is 320 g/mol. The molecule has 21 heavy (non-hydrogen) atoms. The molecular weight excluding hydrogens is 307 g/mol. The van der Waals surface area contributed by atoms with Gasteiger partial charge >= 0.3 is 5.97 Å². The zero-order valence-corrected chi connectivity index (χ0v) is 12.7. The molecule has 4 heteroatoms. The molecule has 0 aliphatic heterocycles. The molecule has 1 unspecified atom stereocenters. The first kappa shape index (κ1) is 14.4. The Balaban J connectivity index is 1.85. The van der Waals surface area contributed by atoms with Crippen molar-refractivity contribution in [1.82, 2.24) is 0 Å². The quantitative estimate of drug-likeness (QED) is 0.867. The van der Waals surface area contributed by atoms with Crippen molar-refractivity contribution >= 4 is 29.2 Å². The van der Waals surface area contributed by atoms with E-state index >= 15 is 0 Å². The van der Waals surface area contributed by atoms with Crippen LogP contribution in [-0.2, 0) is 4.79 Å². The van der Waals surface area contributed by atoms with Crippen molar-refractivity contribution < 1.29 is 9.90 Å². The van der Waals surface area contributed by atoms with Gasteiger partial charge in [-0.15, -0.1) is 0 Å². The van der Waals surface area contributed by atoms with E-state index in [0.29, 0.717) is 10.0 Å². The molecule has 0 bridgehead atoms. The second-order valence-electron chi connectivity index (χ2n) is 5.42. The lowest BCUT2D eigenvalue weighted by atomic mass is 9.60. The predicted molar refractivity (Wildman–Crippen MR) is 84.1 cm³/mol. The number of hydrogen-bond acceptors (Lipinski definition) is 1. The molecule has 2 aromatic carbocycles. The fourth-order valence-corrected chi connectivity index (χ4v) is 3.35. The number of aliphatic carboxylic acids is 1. The lowest BCUT2D eigenvalue weighted by Crippen LogP contribution is -2.38. The van der Waals surface area contributed by atoms with Gasteiger partial charge in [0, 0.05) is 10.0 Å². The number of halogens is 2. The fourth-order valence-electron chi connectivity index (χ4n) is 3.10. The molecule has 0 heterocycles. The Bertz CT molecular complexity index is 598. The molecule has 0 aromatic heterocycles. The van der Waals surface area contributed by atoms with Gasteiger partial charge in [0.05, 0.1) is 5.92 Å². The van der Waals surface area contributed by atoms with Crippen LogP contribution in [0.4, 0.5) is 0 Å². The van der Waals surface area contributed by atoms with Crippen LogP contribution in [0.5, 0.6) is 0 Å².